The average molecular weight is 2120 g/mol. The van der Waals surface area contributed by atoms with E-state index in [0.717, 1.165) is 135 Å². The molecule has 4 aliphatic rings. The van der Waals surface area contributed by atoms with Gasteiger partial charge in [0.05, 0.1) is 56.6 Å². The highest BCUT2D eigenvalue weighted by Crippen LogP contribution is 2.39. The molecule has 1 unspecified atom stereocenters. The first-order chi connectivity index (χ1) is 69.8. The summed E-state index contributed by atoms with van der Waals surface area (Å²) in [4.78, 5) is 76.4. The lowest BCUT2D eigenvalue weighted by molar-refractivity contribution is 0.236. The lowest BCUT2D eigenvalue weighted by atomic mass is 10.0. The van der Waals surface area contributed by atoms with E-state index < -0.39 is 56.3 Å². The molecule has 0 saturated carbocycles. The van der Waals surface area contributed by atoms with E-state index in [1.54, 1.807) is 36.5 Å². The molecule has 12 aromatic heterocycles. The van der Waals surface area contributed by atoms with Crippen LogP contribution in [0.15, 0.2) is 126 Å². The first-order valence-electron chi connectivity index (χ1n) is 48.2. The van der Waals surface area contributed by atoms with Crippen LogP contribution in [0.1, 0.15) is 163 Å². The van der Waals surface area contributed by atoms with Gasteiger partial charge in [0.15, 0.2) is 51.7 Å². The maximum Gasteiger partial charge on any atom is 0.229 e. The molecule has 0 amide bonds. The van der Waals surface area contributed by atoms with Crippen LogP contribution < -0.4 is 37.6 Å². The molecular weight excluding hydrogens is 2000 g/mol. The van der Waals surface area contributed by atoms with Crippen molar-refractivity contribution in [1.82, 2.24) is 123 Å². The number of likely N-dealkylation sites (N-methyl/N-ethyl adjacent to an activating group) is 1. The van der Waals surface area contributed by atoms with E-state index in [9.17, 15) is 30.6 Å². The van der Waals surface area contributed by atoms with Gasteiger partial charge in [0, 0.05) is 184 Å². The zero-order valence-corrected chi connectivity index (χ0v) is 88.8. The van der Waals surface area contributed by atoms with Crippen molar-refractivity contribution in [2.45, 2.75) is 198 Å². The van der Waals surface area contributed by atoms with Crippen molar-refractivity contribution < 1.29 is 39.3 Å². The lowest BCUT2D eigenvalue weighted by Crippen LogP contribution is -2.40. The van der Waals surface area contributed by atoms with Crippen molar-refractivity contribution >= 4 is 143 Å². The van der Waals surface area contributed by atoms with Gasteiger partial charge in [-0.15, -0.1) is 29.2 Å². The Bertz CT molecular complexity index is 7770. The van der Waals surface area contributed by atoms with Gasteiger partial charge in [-0.3, -0.25) is 9.80 Å². The minimum absolute atomic E-state index is 0. The molecule has 3 atom stereocenters. The molecule has 4 aliphatic heterocycles. The topological polar surface area (TPSA) is 387 Å². The number of nitrogens with zero attached hydrogens (tertiary/aromatic N) is 25. The van der Waals surface area contributed by atoms with Crippen molar-refractivity contribution in [1.29, 1.82) is 5.26 Å². The smallest absolute Gasteiger partial charge is 0.229 e. The molecule has 4 aromatic carbocycles. The van der Waals surface area contributed by atoms with E-state index in [1.807, 2.05) is 170 Å². The Labute approximate surface area is 874 Å². The number of nitrogens with two attached hydrogens (primary N) is 1. The van der Waals surface area contributed by atoms with Gasteiger partial charge in [-0.05, 0) is 218 Å². The van der Waals surface area contributed by atoms with Crippen molar-refractivity contribution in [3.05, 3.63) is 237 Å². The molecule has 149 heavy (non-hydrogen) atoms. The maximum atomic E-state index is 15.0. The summed E-state index contributed by atoms with van der Waals surface area (Å²) in [6.45, 7) is 38.3. The maximum absolute atomic E-state index is 15.0. The molecule has 0 bridgehead atoms. The van der Waals surface area contributed by atoms with Gasteiger partial charge in [-0.25, -0.2) is 119 Å². The Morgan fingerprint density at radius 2 is 0.779 bits per heavy atom. The Hall–Kier alpha value is -14.1. The number of fused-ring (bicyclic) bond motifs is 8. The van der Waals surface area contributed by atoms with Crippen LogP contribution in [0.3, 0.4) is 0 Å². The quantitative estimate of drug-likeness (QED) is 0.0212. The van der Waals surface area contributed by atoms with Crippen molar-refractivity contribution in [2.75, 3.05) is 73.0 Å². The number of hydrogen-bond donors (Lipinski definition) is 7. The van der Waals surface area contributed by atoms with Crippen LogP contribution in [0.25, 0.3) is 89.2 Å². The number of rotatable bonds is 20. The predicted octanol–water partition coefficient (Wildman–Crippen LogP) is 19.9. The Balaban J connectivity index is 0.000000148. The second kappa shape index (κ2) is 44.7. The van der Waals surface area contributed by atoms with Gasteiger partial charge in [0.2, 0.25) is 30.0 Å². The van der Waals surface area contributed by atoms with E-state index in [-0.39, 0.29) is 122 Å². The number of aromatic nitrogens is 20. The standard InChI is InChI=1S/C27H29F2N9OS.C27H31F2N9S.2C25H27F2N7.2ClH/c1-16(2)38-17(3)33-26-20(28)11-19(12-23(26)38)25-21(29)13-31-27(36-25)35-24-6-5-18-14-37(8-7-22(18)34-24)9-10-40(4,39)32-15-30;1-15(2)38-16(3)32-25-19(28)11-18(12-22(25)38)24-20(29)13-31-27(35-24)34-23-6-5-17-14-37(8-7-21(17)33-23)10-9-36(4)26(30)39;2*1-13-8-19-15(11-28-13)6-7-21(31-19)32-24-29-12-18(27)22(33-24)16-9-17(26)23-20(10-16)34(14(2)30-23)25(3,4)5;;/h5-6,11-13,16H,7-10,14H2,1-4H3,(H,31,34,35,36);5-6,11-13,15H,7-10,14H2,1-4H3,(H2,30,39)(H,31,33,34,35);2*6-7,9-10,12-13,28H,8,11H2,1-5H3,(H,29,31,32,33);2*1H/t;;2*13-;;/m..10../s1. The molecule has 20 rings (SSSR count). The zero-order valence-electron chi connectivity index (χ0n) is 85.6. The second-order valence-corrected chi connectivity index (χ2v) is 42.7. The summed E-state index contributed by atoms with van der Waals surface area (Å²) in [5.74, 6) is 1.24. The van der Waals surface area contributed by atoms with E-state index in [0.29, 0.717) is 128 Å². The van der Waals surface area contributed by atoms with Gasteiger partial charge >= 0.3 is 0 Å². The largest absolute Gasteiger partial charge is 0.376 e. The first kappa shape index (κ1) is 109. The van der Waals surface area contributed by atoms with Crippen LogP contribution in [-0.2, 0) is 72.7 Å². The van der Waals surface area contributed by atoms with E-state index in [4.69, 9.17) is 33.2 Å². The van der Waals surface area contributed by atoms with Crippen LogP contribution in [0.4, 0.5) is 82.2 Å². The molecule has 780 valence electrons. The summed E-state index contributed by atoms with van der Waals surface area (Å²) < 4.78 is 143. The third kappa shape index (κ3) is 24.4. The molecule has 0 aliphatic carbocycles. The molecule has 16 heterocycles. The fourth-order valence-corrected chi connectivity index (χ4v) is 20.0. The summed E-state index contributed by atoms with van der Waals surface area (Å²) >= 11 is 5.02. The minimum atomic E-state index is -2.51. The second-order valence-electron chi connectivity index (χ2n) is 39.8. The Morgan fingerprint density at radius 3 is 1.10 bits per heavy atom. The molecular formula is C104H116Cl2F8N32OS2. The fourth-order valence-electron chi connectivity index (χ4n) is 19.0. The van der Waals surface area contributed by atoms with E-state index >= 15 is 8.78 Å². The molecule has 8 N–H and O–H groups in total. The van der Waals surface area contributed by atoms with Crippen LogP contribution in [0, 0.1) is 85.7 Å². The molecule has 33 nitrogen and oxygen atoms in total. The third-order valence-electron chi connectivity index (χ3n) is 25.8. The predicted molar refractivity (Wildman–Crippen MR) is 571 cm³/mol. The molecule has 0 saturated heterocycles. The van der Waals surface area contributed by atoms with Crippen LogP contribution in [0.5, 0.6) is 0 Å². The molecule has 16 aromatic rings. The lowest BCUT2D eigenvalue weighted by Gasteiger charge is -2.30. The molecule has 45 heteroatoms. The number of anilines is 8. The number of thiocarbonyl (C=S) groups is 1. The number of hydrogen-bond acceptors (Lipinski definition) is 28. The average Bonchev–Trinajstić information content (AvgIpc) is 1.63. The Kier molecular flexibility index (Phi) is 32.7. The van der Waals surface area contributed by atoms with Gasteiger partial charge in [-0.2, -0.15) is 5.26 Å². The van der Waals surface area contributed by atoms with Crippen molar-refractivity contribution in [3.63, 3.8) is 0 Å². The van der Waals surface area contributed by atoms with Gasteiger partial charge < -0.3 is 60.8 Å². The number of halogens is 10. The summed E-state index contributed by atoms with van der Waals surface area (Å²) in [5, 5.41) is 28.2. The molecule has 0 fully saturated rings. The van der Waals surface area contributed by atoms with Gasteiger partial charge in [0.1, 0.15) is 91.4 Å². The number of pyridine rings is 4. The highest BCUT2D eigenvalue weighted by Gasteiger charge is 2.31. The first-order valence-corrected chi connectivity index (χ1v) is 50.7. The fraction of sp³-hybridized carbons (Fsp3) is 0.365. The van der Waals surface area contributed by atoms with Crippen molar-refractivity contribution in [3.8, 4) is 51.2 Å². The van der Waals surface area contributed by atoms with E-state index in [2.05, 4.69) is 130 Å². The number of benzene rings is 4. The highest BCUT2D eigenvalue weighted by atomic mass is 35.5. The summed E-state index contributed by atoms with van der Waals surface area (Å²) in [6.07, 6.45) is 10.5. The molecule has 0 radical (unpaired) electrons. The SMILES string of the molecule is Cc1nc2c(F)cc(-c3nc(Nc4ccc5c(n4)CCN(CCN(C)C(N)=S)C5)ncc3F)cc2n1C(C)C.Cc1nc2c(F)cc(-c3nc(Nc4ccc5c(n4)CCN(CCS(C)(=O)=NC#N)C5)ncc3F)cc2n1C(C)C.Cc1nc2c(F)cc(-c3nc(Nc4ccc5c(n4)C[C@@H](C)NC5)ncc3F)cc2n1C(C)(C)C.Cc1nc2c(F)cc(-c3nc(Nc4ccc5c(n4)C[C@H](C)NC5)ncc3F)cc2n1C(C)(C)C.Cl.Cl. The van der Waals surface area contributed by atoms with Crippen LogP contribution in [0.2, 0.25) is 0 Å². The Morgan fingerprint density at radius 1 is 0.470 bits per heavy atom. The summed E-state index contributed by atoms with van der Waals surface area (Å²) in [5.41, 5.74) is 18.0. The summed E-state index contributed by atoms with van der Waals surface area (Å²) in [7, 11) is -0.626. The number of aryl methyl sites for hydroxylation is 4. The zero-order chi connectivity index (χ0) is 105. The van der Waals surface area contributed by atoms with Crippen molar-refractivity contribution in [2.24, 2.45) is 10.1 Å². The molecule has 0 spiro atoms. The minimum Gasteiger partial charge on any atom is -0.376 e. The van der Waals surface area contributed by atoms with E-state index in [1.165, 1.54) is 30.5 Å². The number of imidazole rings is 4. The normalized spacial score (nSPS) is 14.9. The van der Waals surface area contributed by atoms with Gasteiger partial charge in [0.25, 0.3) is 0 Å². The van der Waals surface area contributed by atoms with Crippen LogP contribution in [-0.4, -0.2) is 186 Å². The highest BCUT2D eigenvalue weighted by molar-refractivity contribution is 7.93. The number of nitrogens with one attached hydrogen (secondary N) is 6. The number of nitriles is 1. The van der Waals surface area contributed by atoms with Gasteiger partial charge in [-0.1, -0.05) is 24.3 Å². The monoisotopic (exact) mass is 2110 g/mol. The van der Waals surface area contributed by atoms with Crippen LogP contribution >= 0.6 is 37.0 Å². The summed E-state index contributed by atoms with van der Waals surface area (Å²) in [6, 6.07) is 28.0. The third-order valence-corrected chi connectivity index (χ3v) is 27.6.